The first-order valence-corrected chi connectivity index (χ1v) is 6.13. The smallest absolute Gasteiger partial charge is 0.202 e. The fourth-order valence-electron chi connectivity index (χ4n) is 1.67. The normalized spacial score (nSPS) is 11.4. The summed E-state index contributed by atoms with van der Waals surface area (Å²) in [5, 5.41) is 16.0. The topological polar surface area (TPSA) is 48.5 Å². The number of aryl methyl sites for hydroxylation is 1. The van der Waals surface area contributed by atoms with Crippen molar-refractivity contribution in [2.45, 2.75) is 13.3 Å². The first-order chi connectivity index (χ1) is 9.22. The van der Waals surface area contributed by atoms with E-state index in [9.17, 15) is 5.11 Å². The predicted octanol–water partition coefficient (Wildman–Crippen LogP) is 1.12. The first-order valence-electron chi connectivity index (χ1n) is 6.13. The van der Waals surface area contributed by atoms with Crippen LogP contribution in [0, 0.1) is 0 Å². The third-order valence-electron chi connectivity index (χ3n) is 2.81. The van der Waals surface area contributed by atoms with Gasteiger partial charge in [-0.1, -0.05) is 23.7 Å². The molecule has 0 aliphatic heterocycles. The maximum absolute atomic E-state index is 12.0. The Labute approximate surface area is 112 Å². The van der Waals surface area contributed by atoms with Crippen molar-refractivity contribution in [2.75, 3.05) is 7.11 Å². The average molecular weight is 256 g/mol. The second-order valence-corrected chi connectivity index (χ2v) is 4.08. The number of pyridine rings is 1. The quantitative estimate of drug-likeness (QED) is 0.467. The van der Waals surface area contributed by atoms with Gasteiger partial charge in [-0.15, -0.1) is 0 Å². The van der Waals surface area contributed by atoms with Crippen LogP contribution in [0.15, 0.2) is 53.9 Å². The molecule has 0 saturated carbocycles. The Morgan fingerprint density at radius 2 is 2.00 bits per heavy atom. The van der Waals surface area contributed by atoms with E-state index in [2.05, 4.69) is 12.0 Å². The van der Waals surface area contributed by atoms with Crippen LogP contribution in [0.1, 0.15) is 18.1 Å². The second-order valence-electron chi connectivity index (χ2n) is 4.08. The molecule has 1 heterocycles. The lowest BCUT2D eigenvalue weighted by Gasteiger charge is -2.08. The van der Waals surface area contributed by atoms with Gasteiger partial charge in [-0.25, -0.2) is 0 Å². The van der Waals surface area contributed by atoms with Gasteiger partial charge in [-0.2, -0.15) is 0 Å². The van der Waals surface area contributed by atoms with Crippen molar-refractivity contribution < 1.29 is 14.5 Å². The number of rotatable bonds is 4. The highest BCUT2D eigenvalue weighted by Crippen LogP contribution is 2.11. The van der Waals surface area contributed by atoms with Gasteiger partial charge in [0.2, 0.25) is 12.4 Å². The van der Waals surface area contributed by atoms with Crippen LogP contribution in [0.4, 0.5) is 0 Å². The molecule has 0 radical (unpaired) electrons. The first kappa shape index (κ1) is 13.1. The van der Waals surface area contributed by atoms with Gasteiger partial charge in [0.05, 0.1) is 13.0 Å². The van der Waals surface area contributed by atoms with Gasteiger partial charge in [0.25, 0.3) is 0 Å². The largest absolute Gasteiger partial charge is 0.854 e. The Hall–Kier alpha value is -2.36. The molecule has 2 rings (SSSR count). The molecule has 2 aromatic rings. The monoisotopic (exact) mass is 256 g/mol. The maximum atomic E-state index is 12.0. The standard InChI is InChI=1S/C15H16N2O2/c1-3-12-7-9-17(10-8-12)16-15(18)13-5-4-6-14(11-13)19-2/h4-11H,3H2,1-2H3. The Balaban J connectivity index is 2.25. The summed E-state index contributed by atoms with van der Waals surface area (Å²) in [6.45, 7) is 2.08. The molecule has 19 heavy (non-hydrogen) atoms. The third kappa shape index (κ3) is 3.31. The molecule has 0 bridgehead atoms. The molecule has 98 valence electrons. The Morgan fingerprint density at radius 1 is 1.26 bits per heavy atom. The van der Waals surface area contributed by atoms with Crippen LogP contribution >= 0.6 is 0 Å². The number of aromatic nitrogens is 1. The molecule has 0 saturated heterocycles. The number of hydrogen-bond donors (Lipinski definition) is 0. The summed E-state index contributed by atoms with van der Waals surface area (Å²) in [4.78, 5) is 0. The fraction of sp³-hybridized carbons (Fsp3) is 0.200. The second kappa shape index (κ2) is 6.00. The van der Waals surface area contributed by atoms with Gasteiger partial charge >= 0.3 is 0 Å². The summed E-state index contributed by atoms with van der Waals surface area (Å²) in [6.07, 6.45) is 4.51. The van der Waals surface area contributed by atoms with Crippen molar-refractivity contribution in [3.8, 4) is 5.75 Å². The van der Waals surface area contributed by atoms with Gasteiger partial charge in [-0.05, 0) is 34.8 Å². The maximum Gasteiger partial charge on any atom is 0.202 e. The lowest BCUT2D eigenvalue weighted by molar-refractivity contribution is -0.681. The highest BCUT2D eigenvalue weighted by molar-refractivity contribution is 5.90. The number of benzene rings is 1. The number of ether oxygens (including phenoxy) is 1. The van der Waals surface area contributed by atoms with Gasteiger partial charge in [-0.3, -0.25) is 0 Å². The summed E-state index contributed by atoms with van der Waals surface area (Å²) in [5.74, 6) is 0.348. The molecule has 1 aromatic carbocycles. The summed E-state index contributed by atoms with van der Waals surface area (Å²) in [6, 6.07) is 10.8. The van der Waals surface area contributed by atoms with E-state index in [1.165, 1.54) is 10.2 Å². The molecule has 4 heteroatoms. The van der Waals surface area contributed by atoms with Crippen LogP contribution in [0.25, 0.3) is 0 Å². The molecule has 0 atom stereocenters. The average Bonchev–Trinajstić information content (AvgIpc) is 2.48. The van der Waals surface area contributed by atoms with Crippen molar-refractivity contribution in [1.29, 1.82) is 0 Å². The molecule has 0 spiro atoms. The van der Waals surface area contributed by atoms with E-state index in [1.807, 2.05) is 12.1 Å². The molecule has 1 aromatic heterocycles. The van der Waals surface area contributed by atoms with Gasteiger partial charge in [0.1, 0.15) is 5.75 Å². The summed E-state index contributed by atoms with van der Waals surface area (Å²) in [7, 11) is 1.57. The van der Waals surface area contributed by atoms with E-state index in [-0.39, 0.29) is 5.90 Å². The van der Waals surface area contributed by atoms with Crippen molar-refractivity contribution in [3.63, 3.8) is 0 Å². The Morgan fingerprint density at radius 3 is 2.63 bits per heavy atom. The fourth-order valence-corrected chi connectivity index (χ4v) is 1.67. The van der Waals surface area contributed by atoms with Crippen LogP contribution in [0.5, 0.6) is 5.75 Å². The summed E-state index contributed by atoms with van der Waals surface area (Å²) < 4.78 is 6.60. The predicted molar refractivity (Wildman–Crippen MR) is 70.9 cm³/mol. The minimum atomic E-state index is -0.298. The lowest BCUT2D eigenvalue weighted by Crippen LogP contribution is -2.33. The van der Waals surface area contributed by atoms with Crippen molar-refractivity contribution in [3.05, 3.63) is 59.9 Å². The third-order valence-corrected chi connectivity index (χ3v) is 2.81. The van der Waals surface area contributed by atoms with Crippen molar-refractivity contribution in [2.24, 2.45) is 5.10 Å². The summed E-state index contributed by atoms with van der Waals surface area (Å²) in [5.41, 5.74) is 1.71. The van der Waals surface area contributed by atoms with E-state index >= 15 is 0 Å². The van der Waals surface area contributed by atoms with E-state index in [0.29, 0.717) is 11.3 Å². The molecule has 0 amide bonds. The zero-order valence-electron chi connectivity index (χ0n) is 11.0. The van der Waals surface area contributed by atoms with Gasteiger partial charge in [0.15, 0.2) is 0 Å². The molecular weight excluding hydrogens is 240 g/mol. The SMILES string of the molecule is CCc1cc[n+](/N=C(/[O-])c2cccc(OC)c2)cc1. The van der Waals surface area contributed by atoms with E-state index in [1.54, 1.807) is 43.8 Å². The minimum absolute atomic E-state index is 0.298. The lowest BCUT2D eigenvalue weighted by atomic mass is 10.2. The zero-order valence-corrected chi connectivity index (χ0v) is 11.0. The van der Waals surface area contributed by atoms with E-state index in [4.69, 9.17) is 4.74 Å². The van der Waals surface area contributed by atoms with Crippen LogP contribution in [0.2, 0.25) is 0 Å². The summed E-state index contributed by atoms with van der Waals surface area (Å²) >= 11 is 0. The zero-order chi connectivity index (χ0) is 13.7. The molecular formula is C15H16N2O2. The van der Waals surface area contributed by atoms with Crippen LogP contribution in [0.3, 0.4) is 0 Å². The Kier molecular flexibility index (Phi) is 4.13. The number of nitrogens with zero attached hydrogens (tertiary/aromatic N) is 2. The minimum Gasteiger partial charge on any atom is -0.854 e. The van der Waals surface area contributed by atoms with Gasteiger partial charge in [0, 0.05) is 12.1 Å². The molecule has 0 aliphatic rings. The van der Waals surface area contributed by atoms with E-state index < -0.39 is 0 Å². The van der Waals surface area contributed by atoms with Crippen LogP contribution in [-0.4, -0.2) is 13.0 Å². The molecule has 4 nitrogen and oxygen atoms in total. The Bertz CT molecular complexity index is 577. The van der Waals surface area contributed by atoms with Crippen molar-refractivity contribution in [1.82, 2.24) is 0 Å². The van der Waals surface area contributed by atoms with Gasteiger partial charge < -0.3 is 9.84 Å². The van der Waals surface area contributed by atoms with Crippen molar-refractivity contribution >= 4 is 5.90 Å². The number of methoxy groups -OCH3 is 1. The van der Waals surface area contributed by atoms with E-state index in [0.717, 1.165) is 6.42 Å². The molecule has 0 unspecified atom stereocenters. The molecule has 0 fully saturated rings. The highest BCUT2D eigenvalue weighted by Gasteiger charge is 2.01. The van der Waals surface area contributed by atoms with Crippen LogP contribution in [-0.2, 0) is 6.42 Å². The van der Waals surface area contributed by atoms with Crippen LogP contribution < -0.4 is 14.5 Å². The molecule has 0 aliphatic carbocycles. The highest BCUT2D eigenvalue weighted by atomic mass is 16.5. The molecule has 0 N–H and O–H groups in total. The number of hydrogen-bond acceptors (Lipinski definition) is 3.